The minimum atomic E-state index is -0.00717. The van der Waals surface area contributed by atoms with Crippen LogP contribution in [-0.4, -0.2) is 22.1 Å². The van der Waals surface area contributed by atoms with E-state index >= 15 is 0 Å². The van der Waals surface area contributed by atoms with Gasteiger partial charge in [-0.3, -0.25) is 4.99 Å². The van der Waals surface area contributed by atoms with Crippen molar-refractivity contribution in [3.8, 4) is 11.5 Å². The molecule has 4 nitrogen and oxygen atoms in total. The number of aryl methyl sites for hydroxylation is 6. The molecule has 0 amide bonds. The number of unbranched alkanes of at least 4 members (excludes halogenated alkanes) is 24. The van der Waals surface area contributed by atoms with Crippen LogP contribution in [0.5, 0.6) is 11.5 Å². The molecule has 4 aromatic carbocycles. The van der Waals surface area contributed by atoms with Crippen LogP contribution < -0.4 is 0 Å². The van der Waals surface area contributed by atoms with E-state index in [0.29, 0.717) is 0 Å². The van der Waals surface area contributed by atoms with Gasteiger partial charge in [0, 0.05) is 5.39 Å². The van der Waals surface area contributed by atoms with E-state index < -0.39 is 0 Å². The standard InChI is InChI=1S/C48H78N2.C17H22O2/c1-6-11-12-13-14-15-16-17-18-19-20-21-22-23-24-25-26-27-28-29-30-31-32-33-34-48(50-47-38-36-43(8-3)45(10-5)40-47)41-49-46-37-35-42(7-2)44(9-4)39-46;1-3-5-6-8-13-11-15(18)17(19)14-10-7-9-12(4-2)16(13)14/h33-41H,6-32H2,1-5H3;7,9-11,18-19H,3-6,8H2,1-2H3. The first kappa shape index (κ1) is 59.1. The van der Waals surface area contributed by atoms with E-state index in [0.717, 1.165) is 84.8 Å². The van der Waals surface area contributed by atoms with Gasteiger partial charge in [0.2, 0.25) is 0 Å². The molecule has 0 saturated heterocycles. The van der Waals surface area contributed by atoms with Crippen molar-refractivity contribution in [2.45, 2.75) is 254 Å². The van der Waals surface area contributed by atoms with E-state index in [-0.39, 0.29) is 11.5 Å². The maximum atomic E-state index is 10.0. The van der Waals surface area contributed by atoms with Gasteiger partial charge in [-0.2, -0.15) is 0 Å². The Morgan fingerprint density at radius 3 is 1.38 bits per heavy atom. The van der Waals surface area contributed by atoms with Gasteiger partial charge >= 0.3 is 0 Å². The molecule has 0 spiro atoms. The highest BCUT2D eigenvalue weighted by Crippen LogP contribution is 2.38. The third-order valence-electron chi connectivity index (χ3n) is 14.2. The second-order valence-electron chi connectivity index (χ2n) is 19.8. The average molecular weight is 942 g/mol. The molecule has 4 rings (SSSR count). The first-order valence-electron chi connectivity index (χ1n) is 28.8. The molecule has 0 fully saturated rings. The molecule has 0 radical (unpaired) electrons. The minimum absolute atomic E-state index is 0.00421. The number of benzene rings is 4. The van der Waals surface area contributed by atoms with Crippen LogP contribution in [0.15, 0.2) is 82.8 Å². The molecular formula is C65H100N2O2. The highest BCUT2D eigenvalue weighted by Gasteiger charge is 2.13. The van der Waals surface area contributed by atoms with Gasteiger partial charge in [0.1, 0.15) is 0 Å². The number of phenols is 2. The van der Waals surface area contributed by atoms with Crippen LogP contribution in [0.4, 0.5) is 11.4 Å². The number of rotatable bonds is 36. The van der Waals surface area contributed by atoms with Gasteiger partial charge in [-0.15, -0.1) is 0 Å². The highest BCUT2D eigenvalue weighted by molar-refractivity contribution is 6.36. The zero-order chi connectivity index (χ0) is 49.7. The first-order chi connectivity index (χ1) is 33.8. The molecule has 382 valence electrons. The van der Waals surface area contributed by atoms with E-state index in [2.05, 4.69) is 103 Å². The Morgan fingerprint density at radius 1 is 0.435 bits per heavy atom. The Morgan fingerprint density at radius 2 is 0.884 bits per heavy atom. The maximum absolute atomic E-state index is 10.0. The van der Waals surface area contributed by atoms with Crippen LogP contribution >= 0.6 is 0 Å². The van der Waals surface area contributed by atoms with Gasteiger partial charge < -0.3 is 10.2 Å². The lowest BCUT2D eigenvalue weighted by Gasteiger charge is -2.13. The lowest BCUT2D eigenvalue weighted by molar-refractivity contribution is 0.407. The molecule has 0 bridgehead atoms. The van der Waals surface area contributed by atoms with Crippen LogP contribution in [0, 0.1) is 0 Å². The fourth-order valence-corrected chi connectivity index (χ4v) is 9.87. The predicted octanol–water partition coefficient (Wildman–Crippen LogP) is 20.5. The molecule has 0 aliphatic carbocycles. The van der Waals surface area contributed by atoms with Crippen molar-refractivity contribution in [1.29, 1.82) is 0 Å². The lowest BCUT2D eigenvalue weighted by atomic mass is 9.93. The Labute approximate surface area is 424 Å². The van der Waals surface area contributed by atoms with E-state index in [1.807, 2.05) is 18.3 Å². The quantitative estimate of drug-likeness (QED) is 0.0271. The average Bonchev–Trinajstić information content (AvgIpc) is 3.37. The van der Waals surface area contributed by atoms with Gasteiger partial charge in [0.25, 0.3) is 0 Å². The molecular weight excluding hydrogens is 841 g/mol. The van der Waals surface area contributed by atoms with E-state index in [9.17, 15) is 10.2 Å². The number of allylic oxidation sites excluding steroid dienone is 2. The number of phenolic OH excluding ortho intramolecular Hbond substituents is 2. The van der Waals surface area contributed by atoms with Gasteiger partial charge in [-0.25, -0.2) is 4.99 Å². The van der Waals surface area contributed by atoms with E-state index in [4.69, 9.17) is 9.98 Å². The van der Waals surface area contributed by atoms with Gasteiger partial charge in [0.15, 0.2) is 11.5 Å². The Bertz CT molecular complexity index is 2060. The van der Waals surface area contributed by atoms with Crippen LogP contribution in [-0.2, 0) is 38.5 Å². The van der Waals surface area contributed by atoms with Crippen LogP contribution in [0.1, 0.15) is 249 Å². The number of fused-ring (bicyclic) bond motifs is 1. The van der Waals surface area contributed by atoms with Crippen LogP contribution in [0.25, 0.3) is 10.8 Å². The van der Waals surface area contributed by atoms with Crippen LogP contribution in [0.3, 0.4) is 0 Å². The van der Waals surface area contributed by atoms with Crippen molar-refractivity contribution < 1.29 is 10.2 Å². The normalized spacial score (nSPS) is 11.9. The third kappa shape index (κ3) is 23.5. The Kier molecular flexibility index (Phi) is 32.2. The first-order valence-corrected chi connectivity index (χ1v) is 28.8. The zero-order valence-corrected chi connectivity index (χ0v) is 45.4. The fraction of sp³-hybridized carbons (Fsp3) is 0.600. The number of hydrogen-bond donors (Lipinski definition) is 2. The SMILES string of the molecule is CCCCCCCCCCCCCCCCCCCCCCCCC=CC(C=Nc1ccc(CC)c(CC)c1)=Nc1ccc(CC)c(CC)c1.CCCCCc1cc(O)c(O)c2cccc(CC)c12. The molecule has 0 aliphatic heterocycles. The molecule has 0 atom stereocenters. The molecule has 0 unspecified atom stereocenters. The summed E-state index contributed by atoms with van der Waals surface area (Å²) in [5.41, 5.74) is 11.0. The van der Waals surface area contributed by atoms with Gasteiger partial charge in [-0.1, -0.05) is 233 Å². The summed E-state index contributed by atoms with van der Waals surface area (Å²) < 4.78 is 0. The lowest BCUT2D eigenvalue weighted by Crippen LogP contribution is -1.96. The van der Waals surface area contributed by atoms with E-state index in [1.54, 1.807) is 6.07 Å². The smallest absolute Gasteiger partial charge is 0.165 e. The summed E-state index contributed by atoms with van der Waals surface area (Å²) in [6.07, 6.45) is 48.6. The number of aromatic hydroxyl groups is 2. The fourth-order valence-electron chi connectivity index (χ4n) is 9.87. The molecule has 0 aliphatic rings. The molecule has 0 heterocycles. The number of nitrogens with zero attached hydrogens (tertiary/aromatic N) is 2. The molecule has 0 saturated carbocycles. The molecule has 4 heteroatoms. The molecule has 69 heavy (non-hydrogen) atoms. The summed E-state index contributed by atoms with van der Waals surface area (Å²) in [5, 5.41) is 21.8. The summed E-state index contributed by atoms with van der Waals surface area (Å²) >= 11 is 0. The highest BCUT2D eigenvalue weighted by atomic mass is 16.3. The summed E-state index contributed by atoms with van der Waals surface area (Å²) in [4.78, 5) is 9.91. The topological polar surface area (TPSA) is 65.2 Å². The van der Waals surface area contributed by atoms with Crippen LogP contribution in [0.2, 0.25) is 0 Å². The largest absolute Gasteiger partial charge is 0.504 e. The van der Waals surface area contributed by atoms with Gasteiger partial charge in [0.05, 0.1) is 23.3 Å². The maximum Gasteiger partial charge on any atom is 0.165 e. The van der Waals surface area contributed by atoms with Crippen molar-refractivity contribution >= 4 is 34.1 Å². The minimum Gasteiger partial charge on any atom is -0.504 e. The molecule has 2 N–H and O–H groups in total. The summed E-state index contributed by atoms with van der Waals surface area (Å²) in [6, 6.07) is 20.9. The number of aliphatic imine (C=N–C) groups is 2. The second kappa shape index (κ2) is 37.6. The van der Waals surface area contributed by atoms with E-state index in [1.165, 1.54) is 182 Å². The van der Waals surface area contributed by atoms with Crippen molar-refractivity contribution in [3.05, 3.63) is 106 Å². The summed E-state index contributed by atoms with van der Waals surface area (Å²) in [7, 11) is 0. The Hall–Kier alpha value is -4.18. The van der Waals surface area contributed by atoms with Gasteiger partial charge in [-0.05, 0) is 133 Å². The Balaban J connectivity index is 0.000000547. The summed E-state index contributed by atoms with van der Waals surface area (Å²) in [5.74, 6) is -0.00297. The monoisotopic (exact) mass is 941 g/mol. The predicted molar refractivity (Wildman–Crippen MR) is 307 cm³/mol. The van der Waals surface area contributed by atoms with Crippen molar-refractivity contribution in [2.24, 2.45) is 9.98 Å². The molecule has 4 aromatic rings. The van der Waals surface area contributed by atoms with Crippen molar-refractivity contribution in [1.82, 2.24) is 0 Å². The molecule has 0 aromatic heterocycles. The number of hydrogen-bond acceptors (Lipinski definition) is 4. The van der Waals surface area contributed by atoms with Crippen molar-refractivity contribution in [3.63, 3.8) is 0 Å². The van der Waals surface area contributed by atoms with Crippen molar-refractivity contribution in [2.75, 3.05) is 0 Å². The second-order valence-corrected chi connectivity index (χ2v) is 19.8. The summed E-state index contributed by atoms with van der Waals surface area (Å²) in [6.45, 7) is 15.5. The zero-order valence-electron chi connectivity index (χ0n) is 45.4. The third-order valence-corrected chi connectivity index (χ3v) is 14.2.